The average Bonchev–Trinajstić information content (AvgIpc) is 2.80. The molecular formula is C22H25N5O4Rf2-2. The molecule has 0 spiro atoms. The molecule has 2 aromatic carbocycles. The molecule has 9 nitrogen and oxygen atoms in total. The fraction of sp³-hybridized carbons (Fsp3) is 0.227. The van der Waals surface area contributed by atoms with Crippen LogP contribution in [0.3, 0.4) is 0 Å². The van der Waals surface area contributed by atoms with Crippen molar-refractivity contribution in [3.63, 3.8) is 0 Å². The second-order valence-corrected chi connectivity index (χ2v) is 6.57. The van der Waals surface area contributed by atoms with Gasteiger partial charge in [-0.3, -0.25) is 0 Å². The number of hydrogen-bond donors (Lipinski definition) is 3. The van der Waals surface area contributed by atoms with E-state index >= 15 is 0 Å². The summed E-state index contributed by atoms with van der Waals surface area (Å²) >= 11 is 0. The number of nitrogens with zero attached hydrogens (tertiary/aromatic N) is 4. The van der Waals surface area contributed by atoms with Gasteiger partial charge in [-0.1, -0.05) is 12.1 Å². The molecule has 0 saturated carbocycles. The number of nitrogens with one attached hydrogen (secondary N) is 1. The zero-order chi connectivity index (χ0) is 22.1. The normalized spacial score (nSPS) is 9.94. The smallest absolute Gasteiger partial charge is 0.232 e. The maximum Gasteiger partial charge on any atom is 0.232 e. The van der Waals surface area contributed by atoms with Crippen LogP contribution in [-0.4, -0.2) is 51.5 Å². The Morgan fingerprint density at radius 1 is 0.788 bits per heavy atom. The summed E-state index contributed by atoms with van der Waals surface area (Å²) in [5.74, 6) is 2.55. The summed E-state index contributed by atoms with van der Waals surface area (Å²) in [7, 11) is 6.79. The minimum atomic E-state index is -0.0944. The topological polar surface area (TPSA) is 113 Å². The molecule has 3 rings (SSSR count). The van der Waals surface area contributed by atoms with Gasteiger partial charge in [-0.25, -0.2) is 0 Å². The molecule has 0 aliphatic carbocycles. The van der Waals surface area contributed by atoms with Crippen molar-refractivity contribution in [2.75, 3.05) is 36.5 Å². The van der Waals surface area contributed by atoms with E-state index in [2.05, 4.69) is 34.5 Å². The Morgan fingerprint density at radius 2 is 1.33 bits per heavy atom. The monoisotopic (exact) mass is 957 g/mol. The third kappa shape index (κ3) is 6.80. The zero-order valence-electron chi connectivity index (χ0n) is 18.5. The van der Waals surface area contributed by atoms with E-state index in [9.17, 15) is 10.2 Å². The molecule has 0 saturated heterocycles. The Kier molecular flexibility index (Phi) is 9.55. The summed E-state index contributed by atoms with van der Waals surface area (Å²) in [6, 6.07) is 14.6. The summed E-state index contributed by atoms with van der Waals surface area (Å²) in [6.45, 7) is 0.384. The van der Waals surface area contributed by atoms with Crippen LogP contribution >= 0.6 is 0 Å². The standard InChI is InChI=1S/C22H25N5O4.2Rf/c1-30-18-7-3-16(4-8-18)15-20-24-21(23-17-5-9-19(31-2)10-6-17)26-22(25-20)27(11-13-28)12-14-29;;/h3-10,28-29H,1-2,11-15H2,(H,23,24,25,26);;/q-2;;. The van der Waals surface area contributed by atoms with Gasteiger partial charge in [-0.2, -0.15) is 29.2 Å². The van der Waals surface area contributed by atoms with Crippen LogP contribution in [-0.2, 0) is 6.42 Å². The largest absolute Gasteiger partial charge is 0.665 e. The fourth-order valence-electron chi connectivity index (χ4n) is 2.89. The van der Waals surface area contributed by atoms with Gasteiger partial charge in [0.25, 0.3) is 0 Å². The molecule has 0 atom stereocenters. The number of benzene rings is 2. The number of aromatic nitrogens is 3. The molecular weight excluding hydrogens is 932 g/mol. The second kappa shape index (κ2) is 12.3. The van der Waals surface area contributed by atoms with Crippen molar-refractivity contribution in [3.05, 3.63) is 74.1 Å². The predicted molar refractivity (Wildman–Crippen MR) is 117 cm³/mol. The third-order valence-electron chi connectivity index (χ3n) is 4.42. The quantitative estimate of drug-likeness (QED) is 0.250. The van der Waals surface area contributed by atoms with Crippen molar-refractivity contribution < 1.29 is 19.7 Å². The summed E-state index contributed by atoms with van der Waals surface area (Å²) in [6.07, 6.45) is 0.460. The molecule has 1 heterocycles. The number of rotatable bonds is 11. The third-order valence-corrected chi connectivity index (χ3v) is 4.42. The van der Waals surface area contributed by atoms with Gasteiger partial charge < -0.3 is 29.9 Å². The van der Waals surface area contributed by atoms with Crippen molar-refractivity contribution in [2.45, 2.75) is 6.42 Å². The molecule has 0 radical (unpaired) electrons. The van der Waals surface area contributed by atoms with Gasteiger partial charge in [0, 0.05) is 25.2 Å². The molecule has 33 heavy (non-hydrogen) atoms. The van der Waals surface area contributed by atoms with Crippen LogP contribution in [0, 0.1) is 14.2 Å². The first-order valence-corrected chi connectivity index (χ1v) is 9.67. The summed E-state index contributed by atoms with van der Waals surface area (Å²) in [4.78, 5) is 15.3. The average molecular weight is 957 g/mol. The Bertz CT molecular complexity index is 888. The van der Waals surface area contributed by atoms with E-state index in [0.717, 1.165) is 11.3 Å². The molecule has 0 aliphatic heterocycles. The molecule has 0 unspecified atom stereocenters. The predicted octanol–water partition coefficient (Wildman–Crippen LogP) is 2.34. The first kappa shape index (κ1) is 25.6. The minimum absolute atomic E-state index is 0. The maximum atomic E-state index is 9.39. The number of aliphatic hydroxyl groups excluding tert-OH is 2. The van der Waals surface area contributed by atoms with Crippen LogP contribution in [0.4, 0.5) is 17.6 Å². The summed E-state index contributed by atoms with van der Waals surface area (Å²) < 4.78 is 9.90. The first-order valence-electron chi connectivity index (χ1n) is 9.67. The van der Waals surface area contributed by atoms with E-state index in [-0.39, 0.29) is 26.3 Å². The Morgan fingerprint density at radius 3 is 1.85 bits per heavy atom. The van der Waals surface area contributed by atoms with Crippen LogP contribution in [0.15, 0.2) is 48.5 Å². The summed E-state index contributed by atoms with van der Waals surface area (Å²) in [5.41, 5.74) is 1.74. The molecule has 3 aromatic rings. The van der Waals surface area contributed by atoms with E-state index in [0.29, 0.717) is 35.6 Å². The molecule has 0 aliphatic rings. The van der Waals surface area contributed by atoms with Gasteiger partial charge in [-0.15, -0.1) is 0 Å². The van der Waals surface area contributed by atoms with E-state index < -0.39 is 0 Å². The SMILES string of the molecule is [CH2-]Oc1ccc(Cc2nc(Nc3ccc(O[CH2-])cc3)nc(N(CCO)CCO)n2)cc1.[Rf].[Rf]. The van der Waals surface area contributed by atoms with E-state index in [4.69, 9.17) is 9.47 Å². The first-order chi connectivity index (χ1) is 15.1. The minimum Gasteiger partial charge on any atom is -0.665 e. The van der Waals surface area contributed by atoms with Gasteiger partial charge in [-0.05, 0) is 42.0 Å². The molecule has 0 amide bonds. The van der Waals surface area contributed by atoms with Crippen molar-refractivity contribution in [1.82, 2.24) is 15.0 Å². The summed E-state index contributed by atoms with van der Waals surface area (Å²) in [5, 5.41) is 21.9. The van der Waals surface area contributed by atoms with E-state index in [1.807, 2.05) is 36.4 Å². The van der Waals surface area contributed by atoms with E-state index in [1.165, 1.54) is 0 Å². The molecule has 3 N–H and O–H groups in total. The van der Waals surface area contributed by atoms with Crippen LogP contribution in [0.25, 0.3) is 0 Å². The molecule has 11 heteroatoms. The van der Waals surface area contributed by atoms with Crippen LogP contribution in [0.1, 0.15) is 11.4 Å². The van der Waals surface area contributed by atoms with Crippen molar-refractivity contribution in [1.29, 1.82) is 0 Å². The van der Waals surface area contributed by atoms with Gasteiger partial charge in [0.2, 0.25) is 11.9 Å². The van der Waals surface area contributed by atoms with Gasteiger partial charge >= 0.3 is 0 Å². The van der Waals surface area contributed by atoms with Crippen LogP contribution < -0.4 is 19.7 Å². The van der Waals surface area contributed by atoms with Crippen molar-refractivity contribution in [2.24, 2.45) is 0 Å². The Labute approximate surface area is 181 Å². The van der Waals surface area contributed by atoms with Crippen molar-refractivity contribution >= 4 is 17.6 Å². The Hall–Kier alpha value is -5.43. The molecule has 168 valence electrons. The fourth-order valence-corrected chi connectivity index (χ4v) is 2.89. The number of hydrogen-bond acceptors (Lipinski definition) is 9. The zero-order valence-corrected chi connectivity index (χ0v) is 31.3. The van der Waals surface area contributed by atoms with Crippen LogP contribution in [0.2, 0.25) is 0 Å². The molecule has 0 bridgehead atoms. The second-order valence-electron chi connectivity index (χ2n) is 6.57. The number of aliphatic hydroxyl groups is 2. The maximum absolute atomic E-state index is 9.39. The van der Waals surface area contributed by atoms with E-state index in [1.54, 1.807) is 17.0 Å². The number of anilines is 3. The molecule has 0 fully saturated rings. The van der Waals surface area contributed by atoms with Gasteiger partial charge in [0.15, 0.2) is 0 Å². The van der Waals surface area contributed by atoms with Gasteiger partial charge in [0.05, 0.1) is 24.7 Å². The van der Waals surface area contributed by atoms with Gasteiger partial charge in [0.1, 0.15) is 5.82 Å². The number of ether oxygens (including phenoxy) is 2. The van der Waals surface area contributed by atoms with Crippen molar-refractivity contribution in [3.8, 4) is 11.5 Å². The molecule has 1 aromatic heterocycles. The Balaban J connectivity index is 0.00000272. The van der Waals surface area contributed by atoms with Crippen LogP contribution in [0.5, 0.6) is 11.5 Å².